The topological polar surface area (TPSA) is 55.4 Å². The van der Waals surface area contributed by atoms with Crippen molar-refractivity contribution in [3.05, 3.63) is 24.3 Å². The van der Waals surface area contributed by atoms with Crippen LogP contribution in [0.2, 0.25) is 0 Å². The van der Waals surface area contributed by atoms with E-state index in [9.17, 15) is 0 Å². The second-order valence-electron chi connectivity index (χ2n) is 4.89. The SMILES string of the molecule is COc1cc(OC)c([Te][Te]c2c(OC)cc(OC)cc2OC)c(OC)c1. The van der Waals surface area contributed by atoms with Crippen LogP contribution in [0.5, 0.6) is 34.5 Å². The van der Waals surface area contributed by atoms with Crippen molar-refractivity contribution in [3.63, 3.8) is 0 Å². The minimum atomic E-state index is -0.575. The molecule has 0 spiro atoms. The monoisotopic (exact) mass is 594 g/mol. The van der Waals surface area contributed by atoms with Crippen LogP contribution < -0.4 is 35.6 Å². The Kier molecular flexibility index (Phi) is 8.31. The van der Waals surface area contributed by atoms with Gasteiger partial charge in [0, 0.05) is 0 Å². The van der Waals surface area contributed by atoms with Gasteiger partial charge in [0.05, 0.1) is 0 Å². The Morgan fingerprint density at radius 2 is 0.731 bits per heavy atom. The molecule has 0 unspecified atom stereocenters. The van der Waals surface area contributed by atoms with E-state index in [0.717, 1.165) is 41.7 Å². The van der Waals surface area contributed by atoms with Gasteiger partial charge in [-0.3, -0.25) is 0 Å². The van der Waals surface area contributed by atoms with Gasteiger partial charge in [0.25, 0.3) is 0 Å². The quantitative estimate of drug-likeness (QED) is 0.408. The molecule has 2 rings (SSSR count). The zero-order valence-corrected chi connectivity index (χ0v) is 20.2. The predicted octanol–water partition coefficient (Wildman–Crippen LogP) is 1.01. The van der Waals surface area contributed by atoms with E-state index in [4.69, 9.17) is 28.4 Å². The minimum absolute atomic E-state index is 0.575. The third kappa shape index (κ3) is 4.75. The molecule has 0 saturated heterocycles. The zero-order valence-electron chi connectivity index (χ0n) is 15.6. The van der Waals surface area contributed by atoms with E-state index in [0.29, 0.717) is 0 Å². The van der Waals surface area contributed by atoms with Gasteiger partial charge in [-0.2, -0.15) is 0 Å². The molecule has 142 valence electrons. The van der Waals surface area contributed by atoms with Crippen molar-refractivity contribution in [2.75, 3.05) is 42.7 Å². The van der Waals surface area contributed by atoms with Crippen LogP contribution in [0.25, 0.3) is 0 Å². The zero-order chi connectivity index (χ0) is 19.1. The first-order valence-electron chi connectivity index (χ1n) is 7.56. The Morgan fingerprint density at radius 1 is 0.462 bits per heavy atom. The summed E-state index contributed by atoms with van der Waals surface area (Å²) in [5.41, 5.74) is 0. The van der Waals surface area contributed by atoms with Crippen molar-refractivity contribution in [2.45, 2.75) is 0 Å². The average Bonchev–Trinajstić information content (AvgIpc) is 2.70. The summed E-state index contributed by atoms with van der Waals surface area (Å²) in [6.07, 6.45) is 0. The molecular formula is C18H22O6Te2. The Bertz CT molecular complexity index is 637. The van der Waals surface area contributed by atoms with E-state index < -0.39 is 34.1 Å². The fourth-order valence-electron chi connectivity index (χ4n) is 2.19. The molecule has 0 aliphatic heterocycles. The summed E-state index contributed by atoms with van der Waals surface area (Å²) in [6, 6.07) is 7.60. The van der Waals surface area contributed by atoms with Crippen LogP contribution >= 0.6 is 0 Å². The molecule has 2 aromatic rings. The Hall–Kier alpha value is -1.18. The normalized spacial score (nSPS) is 10.2. The van der Waals surface area contributed by atoms with E-state index in [1.165, 1.54) is 0 Å². The van der Waals surface area contributed by atoms with Crippen molar-refractivity contribution in [3.8, 4) is 34.5 Å². The van der Waals surface area contributed by atoms with Crippen LogP contribution in [-0.2, 0) is 0 Å². The fraction of sp³-hybridized carbons (Fsp3) is 0.333. The van der Waals surface area contributed by atoms with Gasteiger partial charge in [0.2, 0.25) is 0 Å². The molecule has 0 fully saturated rings. The first-order chi connectivity index (χ1) is 12.6. The first kappa shape index (κ1) is 21.1. The number of methoxy groups -OCH3 is 6. The fourth-order valence-corrected chi connectivity index (χ4v) is 14.7. The molecule has 0 heterocycles. The van der Waals surface area contributed by atoms with E-state index in [1.807, 2.05) is 24.3 Å². The summed E-state index contributed by atoms with van der Waals surface area (Å²) in [7, 11) is 9.93. The van der Waals surface area contributed by atoms with Gasteiger partial charge in [-0.15, -0.1) is 0 Å². The third-order valence-electron chi connectivity index (χ3n) is 3.55. The Morgan fingerprint density at radius 3 is 0.923 bits per heavy atom. The maximum absolute atomic E-state index is 5.58. The van der Waals surface area contributed by atoms with Gasteiger partial charge in [-0.05, 0) is 0 Å². The Balaban J connectivity index is 2.40. The van der Waals surface area contributed by atoms with Crippen LogP contribution in [-0.4, -0.2) is 76.8 Å². The second kappa shape index (κ2) is 10.2. The molecular weight excluding hydrogens is 567 g/mol. The van der Waals surface area contributed by atoms with E-state index in [1.54, 1.807) is 42.7 Å². The van der Waals surface area contributed by atoms with E-state index >= 15 is 0 Å². The van der Waals surface area contributed by atoms with Crippen LogP contribution in [0.1, 0.15) is 0 Å². The van der Waals surface area contributed by atoms with Crippen molar-refractivity contribution in [2.24, 2.45) is 0 Å². The summed E-state index contributed by atoms with van der Waals surface area (Å²) in [5.74, 6) is 4.66. The standard InChI is InChI=1S/C18H22O6Te2/c1-19-11-7-13(21-3)17(14(8-11)22-4)25-26-18-15(23-5)9-12(20-2)10-16(18)24-6/h7-10H,1-6H3. The first-order valence-corrected chi connectivity index (χ1v) is 17.2. The van der Waals surface area contributed by atoms with Crippen LogP contribution in [0.3, 0.4) is 0 Å². The number of hydrogen-bond donors (Lipinski definition) is 0. The Labute approximate surface area is 170 Å². The molecule has 0 N–H and O–H groups in total. The molecule has 26 heavy (non-hydrogen) atoms. The van der Waals surface area contributed by atoms with Crippen molar-refractivity contribution in [1.82, 2.24) is 0 Å². The number of rotatable bonds is 9. The van der Waals surface area contributed by atoms with Gasteiger partial charge in [0.1, 0.15) is 0 Å². The number of ether oxygens (including phenoxy) is 6. The van der Waals surface area contributed by atoms with Gasteiger partial charge >= 0.3 is 171 Å². The van der Waals surface area contributed by atoms with Gasteiger partial charge in [-0.1, -0.05) is 0 Å². The summed E-state index contributed by atoms with van der Waals surface area (Å²) in [6.45, 7) is 0. The number of hydrogen-bond acceptors (Lipinski definition) is 6. The molecule has 0 aliphatic rings. The van der Waals surface area contributed by atoms with Crippen molar-refractivity contribution < 1.29 is 28.4 Å². The second-order valence-corrected chi connectivity index (χ2v) is 14.6. The average molecular weight is 590 g/mol. The van der Waals surface area contributed by atoms with E-state index in [2.05, 4.69) is 0 Å². The van der Waals surface area contributed by atoms with Crippen molar-refractivity contribution >= 4 is 41.3 Å². The van der Waals surface area contributed by atoms with E-state index in [-0.39, 0.29) is 0 Å². The van der Waals surface area contributed by atoms with Gasteiger partial charge in [0.15, 0.2) is 0 Å². The van der Waals surface area contributed by atoms with Gasteiger partial charge in [-0.25, -0.2) is 0 Å². The summed E-state index contributed by atoms with van der Waals surface area (Å²) in [4.78, 5) is 0. The molecule has 0 amide bonds. The molecule has 0 aromatic heterocycles. The molecule has 0 radical (unpaired) electrons. The van der Waals surface area contributed by atoms with Crippen LogP contribution in [0.4, 0.5) is 0 Å². The summed E-state index contributed by atoms with van der Waals surface area (Å²) >= 11 is -1.15. The molecule has 0 atom stereocenters. The van der Waals surface area contributed by atoms with Crippen LogP contribution in [0.15, 0.2) is 24.3 Å². The summed E-state index contributed by atoms with van der Waals surface area (Å²) < 4.78 is 35.3. The third-order valence-corrected chi connectivity index (χ3v) is 15.0. The van der Waals surface area contributed by atoms with Crippen molar-refractivity contribution in [1.29, 1.82) is 0 Å². The molecule has 2 aromatic carbocycles. The van der Waals surface area contributed by atoms with Gasteiger partial charge < -0.3 is 0 Å². The molecule has 0 aliphatic carbocycles. The van der Waals surface area contributed by atoms with Crippen LogP contribution in [0, 0.1) is 0 Å². The molecule has 0 saturated carbocycles. The predicted molar refractivity (Wildman–Crippen MR) is 103 cm³/mol. The summed E-state index contributed by atoms with van der Waals surface area (Å²) in [5, 5.41) is 0. The molecule has 8 heteroatoms. The molecule has 0 bridgehead atoms. The maximum atomic E-state index is 5.58. The molecule has 6 nitrogen and oxygen atoms in total. The number of benzene rings is 2.